The Morgan fingerprint density at radius 1 is 1.18 bits per heavy atom. The van der Waals surface area contributed by atoms with Crippen molar-refractivity contribution in [1.29, 1.82) is 0 Å². The van der Waals surface area contributed by atoms with E-state index in [2.05, 4.69) is 20.3 Å². The molecule has 4 rings (SSSR count). The Labute approximate surface area is 198 Å². The molecule has 178 valence electrons. The highest BCUT2D eigenvalue weighted by molar-refractivity contribution is 5.94. The van der Waals surface area contributed by atoms with Crippen molar-refractivity contribution in [3.63, 3.8) is 0 Å². The molecule has 1 amide bonds. The lowest BCUT2D eigenvalue weighted by Crippen LogP contribution is -2.43. The van der Waals surface area contributed by atoms with Crippen molar-refractivity contribution in [3.8, 4) is 28.6 Å². The second kappa shape index (κ2) is 10.9. The number of carbonyl (C=O) groups excluding carboxylic acids is 1. The third-order valence-electron chi connectivity index (χ3n) is 5.27. The molecule has 3 aromatic rings. The maximum absolute atomic E-state index is 12.7. The predicted molar refractivity (Wildman–Crippen MR) is 125 cm³/mol. The molecule has 0 spiro atoms. The van der Waals surface area contributed by atoms with Gasteiger partial charge in [-0.2, -0.15) is 0 Å². The molecule has 1 atom stereocenters. The zero-order valence-corrected chi connectivity index (χ0v) is 19.5. The number of amides is 1. The highest BCUT2D eigenvalue weighted by Crippen LogP contribution is 2.41. The molecule has 0 fully saturated rings. The zero-order valence-electron chi connectivity index (χ0n) is 19.5. The first-order valence-electron chi connectivity index (χ1n) is 11.2. The summed E-state index contributed by atoms with van der Waals surface area (Å²) >= 11 is 0. The van der Waals surface area contributed by atoms with Crippen LogP contribution in [0.1, 0.15) is 29.8 Å². The Hall–Kier alpha value is -3.72. The standard InChI is InChI=1S/C25H28N4O5/c1-16(2)32-9-10-33-22-7-6-21-20(23(22)18-13-27-25(31-3)28-14-18)11-19(15-34-21)29-24(30)17-5-4-8-26-12-17/h4-8,12-14,16,19H,9-11,15H2,1-3H3,(H,29,30)/t19-/m0/s1. The molecule has 1 aliphatic rings. The third kappa shape index (κ3) is 5.60. The van der Waals surface area contributed by atoms with E-state index in [1.807, 2.05) is 26.0 Å². The van der Waals surface area contributed by atoms with Gasteiger partial charge in [-0.25, -0.2) is 9.97 Å². The van der Waals surface area contributed by atoms with Crippen LogP contribution in [0.5, 0.6) is 17.5 Å². The van der Waals surface area contributed by atoms with Crippen molar-refractivity contribution in [3.05, 3.63) is 60.2 Å². The molecule has 34 heavy (non-hydrogen) atoms. The van der Waals surface area contributed by atoms with Gasteiger partial charge in [-0.3, -0.25) is 9.78 Å². The zero-order chi connectivity index (χ0) is 23.9. The molecule has 1 aromatic carbocycles. The number of carbonyl (C=O) groups is 1. The van der Waals surface area contributed by atoms with Crippen LogP contribution in [-0.2, 0) is 11.2 Å². The van der Waals surface area contributed by atoms with Gasteiger partial charge < -0.3 is 24.3 Å². The SMILES string of the molecule is COc1ncc(-c2c(OCCOC(C)C)ccc3c2C[C@H](NC(=O)c2cccnc2)CO3)cn1. The van der Waals surface area contributed by atoms with Crippen LogP contribution in [0, 0.1) is 0 Å². The Balaban J connectivity index is 1.61. The lowest BCUT2D eigenvalue weighted by molar-refractivity contribution is 0.0553. The third-order valence-corrected chi connectivity index (χ3v) is 5.27. The smallest absolute Gasteiger partial charge is 0.316 e. The molecule has 0 unspecified atom stereocenters. The molecule has 9 heteroatoms. The minimum atomic E-state index is -0.224. The van der Waals surface area contributed by atoms with Crippen molar-refractivity contribution in [2.24, 2.45) is 0 Å². The summed E-state index contributed by atoms with van der Waals surface area (Å²) in [5.41, 5.74) is 3.00. The maximum atomic E-state index is 12.7. The molecule has 0 bridgehead atoms. The van der Waals surface area contributed by atoms with Crippen molar-refractivity contribution in [2.45, 2.75) is 32.4 Å². The predicted octanol–water partition coefficient (Wildman–Crippen LogP) is 3.08. The first kappa shape index (κ1) is 23.4. The minimum Gasteiger partial charge on any atom is -0.491 e. The van der Waals surface area contributed by atoms with Gasteiger partial charge in [-0.15, -0.1) is 0 Å². The summed E-state index contributed by atoms with van der Waals surface area (Å²) in [7, 11) is 1.52. The molecule has 0 radical (unpaired) electrons. The number of pyridine rings is 1. The number of nitrogens with one attached hydrogen (secondary N) is 1. The van der Waals surface area contributed by atoms with Gasteiger partial charge in [0.1, 0.15) is 24.7 Å². The molecule has 0 aliphatic carbocycles. The van der Waals surface area contributed by atoms with Crippen LogP contribution >= 0.6 is 0 Å². The maximum Gasteiger partial charge on any atom is 0.316 e. The molecular weight excluding hydrogens is 436 g/mol. The van der Waals surface area contributed by atoms with Crippen LogP contribution in [0.25, 0.3) is 11.1 Å². The summed E-state index contributed by atoms with van der Waals surface area (Å²) < 4.78 is 22.8. The van der Waals surface area contributed by atoms with E-state index in [-0.39, 0.29) is 24.1 Å². The summed E-state index contributed by atoms with van der Waals surface area (Å²) in [6.07, 6.45) is 7.24. The summed E-state index contributed by atoms with van der Waals surface area (Å²) in [4.78, 5) is 25.2. The summed E-state index contributed by atoms with van der Waals surface area (Å²) in [5, 5.41) is 3.04. The Morgan fingerprint density at radius 3 is 2.71 bits per heavy atom. The van der Waals surface area contributed by atoms with E-state index in [0.717, 1.165) is 22.4 Å². The van der Waals surface area contributed by atoms with Gasteiger partial charge in [0.05, 0.1) is 31.4 Å². The van der Waals surface area contributed by atoms with Gasteiger partial charge >= 0.3 is 6.01 Å². The first-order chi connectivity index (χ1) is 16.5. The number of aromatic nitrogens is 3. The van der Waals surface area contributed by atoms with E-state index >= 15 is 0 Å². The summed E-state index contributed by atoms with van der Waals surface area (Å²) in [6, 6.07) is 7.28. The molecule has 1 N–H and O–H groups in total. The quantitative estimate of drug-likeness (QED) is 0.482. The van der Waals surface area contributed by atoms with E-state index < -0.39 is 0 Å². The fraction of sp³-hybridized carbons (Fsp3) is 0.360. The molecule has 1 aliphatic heterocycles. The van der Waals surface area contributed by atoms with Gasteiger partial charge in [0.25, 0.3) is 5.91 Å². The highest BCUT2D eigenvalue weighted by atomic mass is 16.5. The van der Waals surface area contributed by atoms with Crippen LogP contribution in [0.3, 0.4) is 0 Å². The lowest BCUT2D eigenvalue weighted by atomic mass is 9.93. The molecule has 0 saturated carbocycles. The van der Waals surface area contributed by atoms with Crippen LogP contribution in [0.4, 0.5) is 0 Å². The van der Waals surface area contributed by atoms with Crippen molar-refractivity contribution in [2.75, 3.05) is 26.9 Å². The number of benzene rings is 1. The van der Waals surface area contributed by atoms with E-state index in [1.54, 1.807) is 30.7 Å². The Bertz CT molecular complexity index is 1110. The van der Waals surface area contributed by atoms with Gasteiger partial charge in [0.2, 0.25) is 0 Å². The van der Waals surface area contributed by atoms with E-state index in [4.69, 9.17) is 18.9 Å². The molecule has 9 nitrogen and oxygen atoms in total. The molecule has 3 heterocycles. The van der Waals surface area contributed by atoms with Gasteiger partial charge in [-0.05, 0) is 38.1 Å². The number of rotatable bonds is 9. The number of fused-ring (bicyclic) bond motifs is 1. The fourth-order valence-corrected chi connectivity index (χ4v) is 3.72. The van der Waals surface area contributed by atoms with Crippen molar-refractivity contribution in [1.82, 2.24) is 20.3 Å². The largest absolute Gasteiger partial charge is 0.491 e. The summed E-state index contributed by atoms with van der Waals surface area (Å²) in [5.74, 6) is 1.21. The second-order valence-electron chi connectivity index (χ2n) is 8.07. The van der Waals surface area contributed by atoms with Crippen LogP contribution in [-0.4, -0.2) is 59.9 Å². The number of ether oxygens (including phenoxy) is 4. The monoisotopic (exact) mass is 464 g/mol. The van der Waals surface area contributed by atoms with E-state index in [1.165, 1.54) is 13.3 Å². The van der Waals surface area contributed by atoms with Crippen LogP contribution < -0.4 is 19.5 Å². The molecule has 0 saturated heterocycles. The Morgan fingerprint density at radius 2 is 2.00 bits per heavy atom. The molecule has 2 aromatic heterocycles. The topological polar surface area (TPSA) is 105 Å². The average Bonchev–Trinajstić information content (AvgIpc) is 2.86. The average molecular weight is 465 g/mol. The number of nitrogens with zero attached hydrogens (tertiary/aromatic N) is 3. The van der Waals surface area contributed by atoms with Crippen LogP contribution in [0.15, 0.2) is 49.1 Å². The summed E-state index contributed by atoms with van der Waals surface area (Å²) in [6.45, 7) is 5.18. The second-order valence-corrected chi connectivity index (χ2v) is 8.07. The highest BCUT2D eigenvalue weighted by Gasteiger charge is 2.27. The fourth-order valence-electron chi connectivity index (χ4n) is 3.72. The lowest BCUT2D eigenvalue weighted by Gasteiger charge is -2.29. The first-order valence-corrected chi connectivity index (χ1v) is 11.2. The van der Waals surface area contributed by atoms with Gasteiger partial charge in [0.15, 0.2) is 0 Å². The van der Waals surface area contributed by atoms with Crippen molar-refractivity contribution < 1.29 is 23.7 Å². The molecular formula is C25H28N4O5. The van der Waals surface area contributed by atoms with Gasteiger partial charge in [-0.1, -0.05) is 0 Å². The van der Waals surface area contributed by atoms with Crippen LogP contribution in [0.2, 0.25) is 0 Å². The van der Waals surface area contributed by atoms with Gasteiger partial charge in [0, 0.05) is 47.9 Å². The van der Waals surface area contributed by atoms with E-state index in [0.29, 0.717) is 37.6 Å². The van der Waals surface area contributed by atoms with Crippen molar-refractivity contribution >= 4 is 5.91 Å². The number of methoxy groups -OCH3 is 1. The van der Waals surface area contributed by atoms with E-state index in [9.17, 15) is 4.79 Å². The normalized spacial score (nSPS) is 14.8. The minimum absolute atomic E-state index is 0.124. The Kier molecular flexibility index (Phi) is 7.54. The number of hydrogen-bond donors (Lipinski definition) is 1. The number of hydrogen-bond acceptors (Lipinski definition) is 8.